The highest BCUT2D eigenvalue weighted by molar-refractivity contribution is 5.94. The van der Waals surface area contributed by atoms with Crippen molar-refractivity contribution in [2.75, 3.05) is 0 Å². The summed E-state index contributed by atoms with van der Waals surface area (Å²) in [7, 11) is 0. The zero-order chi connectivity index (χ0) is 24.6. The minimum absolute atomic E-state index is 0.00625. The molecule has 0 bridgehead atoms. The molecule has 0 unspecified atom stereocenters. The lowest BCUT2D eigenvalue weighted by Crippen LogP contribution is -2.61. The fourth-order valence-electron chi connectivity index (χ4n) is 7.75. The fraction of sp³-hybridized carbons (Fsp3) is 0.640. The van der Waals surface area contributed by atoms with E-state index in [4.69, 9.17) is 0 Å². The van der Waals surface area contributed by atoms with Crippen molar-refractivity contribution in [3.05, 3.63) is 44.5 Å². The maximum Gasteiger partial charge on any atom is 0.328 e. The van der Waals surface area contributed by atoms with Gasteiger partial charge in [0.25, 0.3) is 5.56 Å². The molecule has 8 nitrogen and oxygen atoms in total. The number of carbonyl (C=O) groups excluding carboxylic acids is 3. The van der Waals surface area contributed by atoms with Crippen molar-refractivity contribution < 1.29 is 23.9 Å². The van der Waals surface area contributed by atoms with E-state index in [1.165, 1.54) is 0 Å². The summed E-state index contributed by atoms with van der Waals surface area (Å²) in [6.45, 7) is 3.06. The molecule has 1 aromatic rings. The average molecular weight is 473 g/mol. The molecule has 2 N–H and O–H groups in total. The van der Waals surface area contributed by atoms with Crippen molar-refractivity contribution in [3.63, 3.8) is 0 Å². The van der Waals surface area contributed by atoms with Crippen molar-refractivity contribution in [2.24, 2.45) is 28.6 Å². The summed E-state index contributed by atoms with van der Waals surface area (Å²) >= 11 is 0. The molecule has 0 spiro atoms. The SMILES string of the molecule is C[C@]12CCC(=O)C=C1CC[C@@H]1[C@@H]2C(=O)C[C@@]2(C)[C@H]1CC[C@@]2(O)C(=O)Cn1c(=O)[nH]cc(F)c1=O. The van der Waals surface area contributed by atoms with Gasteiger partial charge in [-0.1, -0.05) is 19.4 Å². The molecule has 6 atom stereocenters. The number of hydrogen-bond donors (Lipinski definition) is 2. The lowest BCUT2D eigenvalue weighted by atomic mass is 9.46. The number of ketones is 3. The third kappa shape index (κ3) is 2.95. The maximum absolute atomic E-state index is 13.7. The van der Waals surface area contributed by atoms with Gasteiger partial charge in [-0.2, -0.15) is 4.39 Å². The van der Waals surface area contributed by atoms with E-state index in [9.17, 15) is 33.5 Å². The maximum atomic E-state index is 13.7. The van der Waals surface area contributed by atoms with Gasteiger partial charge in [0.2, 0.25) is 5.82 Å². The summed E-state index contributed by atoms with van der Waals surface area (Å²) in [5, 5.41) is 11.7. The molecule has 9 heteroatoms. The van der Waals surface area contributed by atoms with Gasteiger partial charge in [0.15, 0.2) is 11.6 Å². The number of rotatable bonds is 3. The summed E-state index contributed by atoms with van der Waals surface area (Å²) in [4.78, 5) is 65.3. The number of aromatic amines is 1. The Hall–Kier alpha value is -2.68. The van der Waals surface area contributed by atoms with Crippen molar-refractivity contribution >= 4 is 17.3 Å². The van der Waals surface area contributed by atoms with Crippen LogP contribution in [0, 0.1) is 34.4 Å². The molecule has 0 saturated heterocycles. The second kappa shape index (κ2) is 7.41. The van der Waals surface area contributed by atoms with Crippen molar-refractivity contribution in [2.45, 2.75) is 70.9 Å². The summed E-state index contributed by atoms with van der Waals surface area (Å²) in [5.41, 5.74) is -4.47. The predicted molar refractivity (Wildman–Crippen MR) is 118 cm³/mol. The Morgan fingerprint density at radius 3 is 2.65 bits per heavy atom. The molecular weight excluding hydrogens is 443 g/mol. The number of H-pyrrole nitrogens is 1. The van der Waals surface area contributed by atoms with Crippen LogP contribution in [0.1, 0.15) is 58.8 Å². The van der Waals surface area contributed by atoms with Gasteiger partial charge in [0, 0.05) is 30.4 Å². The number of aliphatic hydroxyl groups is 1. The van der Waals surface area contributed by atoms with Crippen LogP contribution in [0.5, 0.6) is 0 Å². The van der Waals surface area contributed by atoms with E-state index in [2.05, 4.69) is 11.9 Å². The number of hydrogen-bond acceptors (Lipinski definition) is 6. The molecule has 182 valence electrons. The lowest BCUT2D eigenvalue weighted by Gasteiger charge is -2.57. The smallest absolute Gasteiger partial charge is 0.328 e. The summed E-state index contributed by atoms with van der Waals surface area (Å²) in [6, 6.07) is 0. The summed E-state index contributed by atoms with van der Waals surface area (Å²) in [6.07, 6.45) is 5.47. The highest BCUT2D eigenvalue weighted by Gasteiger charge is 2.68. The molecule has 3 fully saturated rings. The molecule has 4 aliphatic rings. The van der Waals surface area contributed by atoms with Crippen molar-refractivity contribution in [1.82, 2.24) is 9.55 Å². The molecule has 0 amide bonds. The number of aromatic nitrogens is 2. The van der Waals surface area contributed by atoms with Crippen LogP contribution in [0.3, 0.4) is 0 Å². The number of Topliss-reactive ketones (excluding diaryl/α,β-unsaturated/α-hetero) is 2. The van der Waals surface area contributed by atoms with Crippen LogP contribution in [-0.2, 0) is 20.9 Å². The highest BCUT2D eigenvalue weighted by atomic mass is 19.1. The molecule has 3 saturated carbocycles. The molecule has 0 aromatic carbocycles. The normalized spacial score (nSPS) is 39.2. The zero-order valence-electron chi connectivity index (χ0n) is 19.4. The molecule has 34 heavy (non-hydrogen) atoms. The quantitative estimate of drug-likeness (QED) is 0.689. The Bertz CT molecular complexity index is 1260. The Kier molecular flexibility index (Phi) is 5.03. The van der Waals surface area contributed by atoms with Gasteiger partial charge in [-0.15, -0.1) is 0 Å². The Morgan fingerprint density at radius 2 is 1.91 bits per heavy atom. The van der Waals surface area contributed by atoms with Crippen LogP contribution in [0.25, 0.3) is 0 Å². The molecule has 0 radical (unpaired) electrons. The minimum atomic E-state index is -1.91. The molecule has 0 aliphatic heterocycles. The number of carbonyl (C=O) groups is 3. The average Bonchev–Trinajstić information content (AvgIpc) is 3.05. The van der Waals surface area contributed by atoms with E-state index in [1.807, 2.05) is 0 Å². The third-order valence-corrected chi connectivity index (χ3v) is 9.59. The topological polar surface area (TPSA) is 126 Å². The van der Waals surface area contributed by atoms with Crippen LogP contribution >= 0.6 is 0 Å². The van der Waals surface area contributed by atoms with E-state index in [-0.39, 0.29) is 47.6 Å². The summed E-state index contributed by atoms with van der Waals surface area (Å²) < 4.78 is 14.2. The third-order valence-electron chi connectivity index (χ3n) is 9.59. The van der Waals surface area contributed by atoms with E-state index in [0.29, 0.717) is 42.9 Å². The van der Waals surface area contributed by atoms with Gasteiger partial charge in [-0.05, 0) is 55.4 Å². The fourth-order valence-corrected chi connectivity index (χ4v) is 7.75. The molecule has 1 aromatic heterocycles. The van der Waals surface area contributed by atoms with E-state index in [1.54, 1.807) is 13.0 Å². The van der Waals surface area contributed by atoms with E-state index < -0.39 is 40.4 Å². The molecule has 4 aliphatic carbocycles. The van der Waals surface area contributed by atoms with Gasteiger partial charge in [-0.25, -0.2) is 4.79 Å². The first-order valence-corrected chi connectivity index (χ1v) is 11.9. The number of halogens is 1. The minimum Gasteiger partial charge on any atom is -0.381 e. The van der Waals surface area contributed by atoms with Crippen LogP contribution in [0.15, 0.2) is 27.4 Å². The second-order valence-corrected chi connectivity index (χ2v) is 11.1. The Labute approximate surface area is 195 Å². The highest BCUT2D eigenvalue weighted by Crippen LogP contribution is 2.66. The summed E-state index contributed by atoms with van der Waals surface area (Å²) in [5.74, 6) is -2.25. The first-order valence-electron chi connectivity index (χ1n) is 11.9. The molecule has 1 heterocycles. The van der Waals surface area contributed by atoms with Crippen LogP contribution in [-0.4, -0.2) is 37.6 Å². The van der Waals surface area contributed by atoms with Crippen LogP contribution < -0.4 is 11.2 Å². The van der Waals surface area contributed by atoms with Gasteiger partial charge < -0.3 is 10.1 Å². The largest absolute Gasteiger partial charge is 0.381 e. The van der Waals surface area contributed by atoms with Gasteiger partial charge in [-0.3, -0.25) is 23.7 Å². The Morgan fingerprint density at radius 1 is 1.18 bits per heavy atom. The number of allylic oxidation sites excluding steroid dienone is 1. The van der Waals surface area contributed by atoms with Crippen LogP contribution in [0.2, 0.25) is 0 Å². The monoisotopic (exact) mass is 472 g/mol. The van der Waals surface area contributed by atoms with Gasteiger partial charge >= 0.3 is 5.69 Å². The molecule has 5 rings (SSSR count). The van der Waals surface area contributed by atoms with Crippen molar-refractivity contribution in [3.8, 4) is 0 Å². The van der Waals surface area contributed by atoms with E-state index in [0.717, 1.165) is 5.57 Å². The van der Waals surface area contributed by atoms with Gasteiger partial charge in [0.1, 0.15) is 11.4 Å². The van der Waals surface area contributed by atoms with Crippen molar-refractivity contribution in [1.29, 1.82) is 0 Å². The number of nitrogens with zero attached hydrogens (tertiary/aromatic N) is 1. The zero-order valence-corrected chi connectivity index (χ0v) is 19.4. The lowest BCUT2D eigenvalue weighted by molar-refractivity contribution is -0.169. The standard InChI is InChI=1S/C25H29FN2O6/c1-23-7-5-14(29)9-13(23)3-4-15-16-6-8-25(34,24(16,2)10-18(30)20(15)23)19(31)12-28-21(32)17(26)11-27-22(28)33/h9,11,15-16,20,34H,3-8,10,12H2,1-2H3,(H,27,33)/t15-,16-,20+,23-,24-,25+/m0/s1. The van der Waals surface area contributed by atoms with Crippen LogP contribution in [0.4, 0.5) is 4.39 Å². The Balaban J connectivity index is 1.49. The van der Waals surface area contributed by atoms with Gasteiger partial charge in [0.05, 0.1) is 6.54 Å². The first kappa shape index (κ1) is 23.1. The van der Waals surface area contributed by atoms with E-state index >= 15 is 0 Å². The predicted octanol–water partition coefficient (Wildman–Crippen LogP) is 1.69. The second-order valence-electron chi connectivity index (χ2n) is 11.1. The first-order chi connectivity index (χ1) is 15.9. The number of nitrogens with one attached hydrogen (secondary N) is 1. The molecular formula is C25H29FN2O6. The number of fused-ring (bicyclic) bond motifs is 5.